The lowest BCUT2D eigenvalue weighted by molar-refractivity contribution is 0.0946. The molecule has 1 amide bonds. The minimum Gasteiger partial charge on any atom is -0.494 e. The molecule has 3 aromatic rings. The Morgan fingerprint density at radius 3 is 2.84 bits per heavy atom. The number of hydrogen-bond acceptors (Lipinski definition) is 5. The lowest BCUT2D eigenvalue weighted by Gasteiger charge is -2.20. The summed E-state index contributed by atoms with van der Waals surface area (Å²) in [7, 11) is 0. The first-order valence-corrected chi connectivity index (χ1v) is 10.9. The van der Waals surface area contributed by atoms with E-state index >= 15 is 0 Å². The van der Waals surface area contributed by atoms with Gasteiger partial charge in [-0.25, -0.2) is 0 Å². The zero-order valence-corrected chi connectivity index (χ0v) is 17.6. The number of aryl methyl sites for hydroxylation is 1. The summed E-state index contributed by atoms with van der Waals surface area (Å²) in [5, 5.41) is 6.53. The van der Waals surface area contributed by atoms with Crippen LogP contribution in [0.25, 0.3) is 0 Å². The molecule has 1 aliphatic rings. The van der Waals surface area contributed by atoms with E-state index in [1.807, 2.05) is 42.9 Å². The number of carbonyl (C=O) groups is 1. The molecular formula is C25H28N4O2. The molecule has 1 aromatic carbocycles. The van der Waals surface area contributed by atoms with Crippen LogP contribution in [0.3, 0.4) is 0 Å². The predicted octanol–water partition coefficient (Wildman–Crippen LogP) is 3.50. The smallest absolute Gasteiger partial charge is 0.251 e. The number of hydrogen-bond donors (Lipinski definition) is 2. The Kier molecular flexibility index (Phi) is 7.24. The van der Waals surface area contributed by atoms with Crippen molar-refractivity contribution >= 4 is 5.91 Å². The number of ether oxygens (including phenoxy) is 1. The van der Waals surface area contributed by atoms with Gasteiger partial charge in [-0.2, -0.15) is 0 Å². The lowest BCUT2D eigenvalue weighted by atomic mass is 10.0. The first kappa shape index (κ1) is 21.0. The molecule has 6 nitrogen and oxygen atoms in total. The number of rotatable bonds is 10. The summed E-state index contributed by atoms with van der Waals surface area (Å²) in [5.41, 5.74) is 4.31. The van der Waals surface area contributed by atoms with Gasteiger partial charge in [0.05, 0.1) is 6.61 Å². The van der Waals surface area contributed by atoms with Crippen LogP contribution in [0.4, 0.5) is 0 Å². The van der Waals surface area contributed by atoms with Gasteiger partial charge in [-0.3, -0.25) is 14.8 Å². The second kappa shape index (κ2) is 10.7. The highest BCUT2D eigenvalue weighted by molar-refractivity contribution is 5.96. The van der Waals surface area contributed by atoms with Crippen molar-refractivity contribution < 1.29 is 9.53 Å². The summed E-state index contributed by atoms with van der Waals surface area (Å²) in [4.78, 5) is 20.2. The third kappa shape index (κ3) is 5.89. The Hall–Kier alpha value is -3.25. The van der Waals surface area contributed by atoms with E-state index in [1.54, 1.807) is 6.20 Å². The maximum atomic E-state index is 11.9. The number of pyridine rings is 2. The number of fused-ring (bicyclic) bond motifs is 1. The van der Waals surface area contributed by atoms with Crippen LogP contribution < -0.4 is 15.4 Å². The minimum absolute atomic E-state index is 0.00503. The van der Waals surface area contributed by atoms with Crippen molar-refractivity contribution in [3.8, 4) is 5.75 Å². The second-order valence-electron chi connectivity index (χ2n) is 7.71. The molecule has 6 heteroatoms. The average molecular weight is 417 g/mol. The highest BCUT2D eigenvalue weighted by atomic mass is 16.5. The summed E-state index contributed by atoms with van der Waals surface area (Å²) < 4.78 is 5.93. The van der Waals surface area contributed by atoms with Crippen molar-refractivity contribution in [3.63, 3.8) is 0 Å². The zero-order valence-electron chi connectivity index (χ0n) is 17.6. The third-order valence-corrected chi connectivity index (χ3v) is 5.53. The Morgan fingerprint density at radius 2 is 2.00 bits per heavy atom. The van der Waals surface area contributed by atoms with Gasteiger partial charge in [0.25, 0.3) is 5.91 Å². The highest BCUT2D eigenvalue weighted by Crippen LogP contribution is 2.21. The summed E-state index contributed by atoms with van der Waals surface area (Å²) >= 11 is 0. The number of amides is 1. The fraction of sp³-hybridized carbons (Fsp3) is 0.320. The van der Waals surface area contributed by atoms with Gasteiger partial charge in [0.1, 0.15) is 5.75 Å². The molecule has 0 radical (unpaired) electrons. The fourth-order valence-corrected chi connectivity index (χ4v) is 3.87. The van der Waals surface area contributed by atoms with Crippen molar-refractivity contribution in [2.75, 3.05) is 19.7 Å². The fourth-order valence-electron chi connectivity index (χ4n) is 3.87. The SMILES string of the molecule is O=C1NCCc2cc(OCCCNC(CCc3cccnc3)c3ccncc3)ccc21. The molecule has 0 spiro atoms. The maximum absolute atomic E-state index is 11.9. The molecule has 3 heterocycles. The van der Waals surface area contributed by atoms with Crippen molar-refractivity contribution in [1.82, 2.24) is 20.6 Å². The van der Waals surface area contributed by atoms with Crippen molar-refractivity contribution in [2.24, 2.45) is 0 Å². The van der Waals surface area contributed by atoms with Gasteiger partial charge in [0.15, 0.2) is 0 Å². The Balaban J connectivity index is 1.26. The Labute approximate surface area is 183 Å². The standard InChI is InChI=1S/C25H28N4O2/c30-25-23-6-5-22(17-21(23)10-15-29-25)31-16-2-12-28-24(20-8-13-26-14-9-20)7-4-19-3-1-11-27-18-19/h1,3,5-6,8-9,11,13-14,17-18,24,28H,2,4,7,10,12,15-16H2,(H,29,30). The van der Waals surface area contributed by atoms with Crippen LogP contribution in [-0.4, -0.2) is 35.6 Å². The lowest BCUT2D eigenvalue weighted by Crippen LogP contribution is -2.31. The number of nitrogens with one attached hydrogen (secondary N) is 2. The van der Waals surface area contributed by atoms with Crippen LogP contribution in [0.15, 0.2) is 67.3 Å². The monoisotopic (exact) mass is 416 g/mol. The molecule has 1 unspecified atom stereocenters. The van der Waals surface area contributed by atoms with Gasteiger partial charge in [-0.1, -0.05) is 6.07 Å². The summed E-state index contributed by atoms with van der Waals surface area (Å²) in [6, 6.07) is 14.2. The molecule has 2 N–H and O–H groups in total. The van der Waals surface area contributed by atoms with Gasteiger partial charge in [-0.15, -0.1) is 0 Å². The van der Waals surface area contributed by atoms with Crippen molar-refractivity contribution in [3.05, 3.63) is 89.5 Å². The normalized spacial score (nSPS) is 13.9. The highest BCUT2D eigenvalue weighted by Gasteiger charge is 2.16. The largest absolute Gasteiger partial charge is 0.494 e. The van der Waals surface area contributed by atoms with E-state index in [4.69, 9.17) is 4.74 Å². The molecule has 4 rings (SSSR count). The van der Waals surface area contributed by atoms with Crippen LogP contribution in [-0.2, 0) is 12.8 Å². The molecule has 2 aromatic heterocycles. The maximum Gasteiger partial charge on any atom is 0.251 e. The van der Waals surface area contributed by atoms with Gasteiger partial charge < -0.3 is 15.4 Å². The van der Waals surface area contributed by atoms with Crippen LogP contribution >= 0.6 is 0 Å². The predicted molar refractivity (Wildman–Crippen MR) is 120 cm³/mol. The first-order chi connectivity index (χ1) is 15.3. The Morgan fingerprint density at radius 1 is 1.10 bits per heavy atom. The molecule has 0 saturated carbocycles. The quantitative estimate of drug-likeness (QED) is 0.495. The Bertz CT molecular complexity index is 979. The molecule has 0 aliphatic carbocycles. The first-order valence-electron chi connectivity index (χ1n) is 10.9. The summed E-state index contributed by atoms with van der Waals surface area (Å²) in [5.74, 6) is 0.834. The molecule has 160 valence electrons. The van der Waals surface area contributed by atoms with E-state index in [2.05, 4.69) is 38.8 Å². The van der Waals surface area contributed by atoms with E-state index in [1.165, 1.54) is 11.1 Å². The summed E-state index contributed by atoms with van der Waals surface area (Å²) in [6.45, 7) is 2.17. The summed E-state index contributed by atoms with van der Waals surface area (Å²) in [6.07, 6.45) is 11.1. The third-order valence-electron chi connectivity index (χ3n) is 5.53. The molecule has 1 atom stereocenters. The average Bonchev–Trinajstić information content (AvgIpc) is 2.82. The zero-order chi connectivity index (χ0) is 21.3. The van der Waals surface area contributed by atoms with E-state index in [9.17, 15) is 4.79 Å². The number of carbonyl (C=O) groups excluding carboxylic acids is 1. The van der Waals surface area contributed by atoms with E-state index in [0.29, 0.717) is 13.2 Å². The van der Waals surface area contributed by atoms with Crippen LogP contribution in [0.1, 0.15) is 45.9 Å². The minimum atomic E-state index is 0.00503. The number of aromatic nitrogens is 2. The van der Waals surface area contributed by atoms with Gasteiger partial charge in [0, 0.05) is 42.9 Å². The number of nitrogens with zero attached hydrogens (tertiary/aromatic N) is 2. The molecule has 0 saturated heterocycles. The van der Waals surface area contributed by atoms with Crippen LogP contribution in [0, 0.1) is 0 Å². The second-order valence-corrected chi connectivity index (χ2v) is 7.71. The van der Waals surface area contributed by atoms with E-state index in [-0.39, 0.29) is 11.9 Å². The van der Waals surface area contributed by atoms with E-state index in [0.717, 1.165) is 49.1 Å². The topological polar surface area (TPSA) is 76.1 Å². The van der Waals surface area contributed by atoms with Crippen LogP contribution in [0.5, 0.6) is 5.75 Å². The number of benzene rings is 1. The molecule has 31 heavy (non-hydrogen) atoms. The van der Waals surface area contributed by atoms with Gasteiger partial charge >= 0.3 is 0 Å². The van der Waals surface area contributed by atoms with E-state index < -0.39 is 0 Å². The van der Waals surface area contributed by atoms with Crippen molar-refractivity contribution in [2.45, 2.75) is 31.7 Å². The molecule has 1 aliphatic heterocycles. The molecule has 0 fully saturated rings. The van der Waals surface area contributed by atoms with Crippen molar-refractivity contribution in [1.29, 1.82) is 0 Å². The molecule has 0 bridgehead atoms. The van der Waals surface area contributed by atoms with Gasteiger partial charge in [-0.05, 0) is 85.3 Å². The molecular weight excluding hydrogens is 388 g/mol. The van der Waals surface area contributed by atoms with Crippen LogP contribution in [0.2, 0.25) is 0 Å². The van der Waals surface area contributed by atoms with Gasteiger partial charge in [0.2, 0.25) is 0 Å².